The van der Waals surface area contributed by atoms with Crippen LogP contribution in [0.3, 0.4) is 0 Å². The quantitative estimate of drug-likeness (QED) is 0.767. The van der Waals surface area contributed by atoms with Gasteiger partial charge in [0.2, 0.25) is 5.91 Å². The molecule has 110 valence electrons. The van der Waals surface area contributed by atoms with E-state index in [9.17, 15) is 4.79 Å². The van der Waals surface area contributed by atoms with E-state index in [1.54, 1.807) is 0 Å². The summed E-state index contributed by atoms with van der Waals surface area (Å²) in [7, 11) is 4.21. The number of likely N-dealkylation sites (tertiary alicyclic amines) is 1. The van der Waals surface area contributed by atoms with E-state index in [0.717, 1.165) is 32.4 Å². The van der Waals surface area contributed by atoms with Crippen LogP contribution < -0.4 is 5.73 Å². The van der Waals surface area contributed by atoms with Crippen molar-refractivity contribution in [3.8, 4) is 0 Å². The lowest BCUT2D eigenvalue weighted by Gasteiger charge is -2.27. The summed E-state index contributed by atoms with van der Waals surface area (Å²) in [5.41, 5.74) is 6.22. The molecule has 1 heterocycles. The third-order valence-corrected chi connectivity index (χ3v) is 4.93. The molecule has 0 aromatic rings. The maximum atomic E-state index is 12.7. The zero-order chi connectivity index (χ0) is 14.0. The van der Waals surface area contributed by atoms with Crippen molar-refractivity contribution >= 4 is 5.91 Å². The molecule has 4 atom stereocenters. The van der Waals surface area contributed by atoms with E-state index in [0.29, 0.717) is 17.9 Å². The maximum Gasteiger partial charge on any atom is 0.227 e. The van der Waals surface area contributed by atoms with Crippen LogP contribution in [0.2, 0.25) is 0 Å². The smallest absolute Gasteiger partial charge is 0.227 e. The molecule has 1 saturated heterocycles. The Labute approximate surface area is 117 Å². The van der Waals surface area contributed by atoms with Crippen molar-refractivity contribution < 1.29 is 4.79 Å². The Kier molecular flexibility index (Phi) is 4.85. The molecule has 1 amide bonds. The van der Waals surface area contributed by atoms with E-state index in [2.05, 4.69) is 30.8 Å². The lowest BCUT2D eigenvalue weighted by molar-refractivity contribution is -0.135. The summed E-state index contributed by atoms with van der Waals surface area (Å²) in [5.74, 6) is 0.933. The van der Waals surface area contributed by atoms with E-state index < -0.39 is 0 Å². The van der Waals surface area contributed by atoms with E-state index in [1.165, 1.54) is 12.8 Å². The molecule has 1 saturated carbocycles. The van der Waals surface area contributed by atoms with Gasteiger partial charge in [-0.1, -0.05) is 26.2 Å². The van der Waals surface area contributed by atoms with E-state index in [-0.39, 0.29) is 12.0 Å². The molecule has 0 aromatic carbocycles. The van der Waals surface area contributed by atoms with Crippen molar-refractivity contribution in [1.29, 1.82) is 0 Å². The van der Waals surface area contributed by atoms with Crippen molar-refractivity contribution in [2.45, 2.75) is 51.1 Å². The van der Waals surface area contributed by atoms with Crippen LogP contribution in [-0.4, -0.2) is 55.0 Å². The Bertz CT molecular complexity index is 319. The highest BCUT2D eigenvalue weighted by atomic mass is 16.2. The van der Waals surface area contributed by atoms with Crippen molar-refractivity contribution in [3.05, 3.63) is 0 Å². The molecule has 2 fully saturated rings. The number of nitrogens with zero attached hydrogens (tertiary/aromatic N) is 2. The summed E-state index contributed by atoms with van der Waals surface area (Å²) in [5, 5.41) is 0. The highest BCUT2D eigenvalue weighted by molar-refractivity contribution is 5.80. The average molecular weight is 267 g/mol. The monoisotopic (exact) mass is 267 g/mol. The van der Waals surface area contributed by atoms with Gasteiger partial charge in [-0.2, -0.15) is 0 Å². The molecule has 4 nitrogen and oxygen atoms in total. The molecular formula is C15H29N3O. The minimum Gasteiger partial charge on any atom is -0.340 e. The number of rotatable bonds is 2. The minimum absolute atomic E-state index is 0.0654. The third-order valence-electron chi connectivity index (χ3n) is 4.93. The van der Waals surface area contributed by atoms with Gasteiger partial charge in [0.25, 0.3) is 0 Å². The van der Waals surface area contributed by atoms with E-state index in [1.807, 2.05) is 0 Å². The summed E-state index contributed by atoms with van der Waals surface area (Å²) < 4.78 is 0. The van der Waals surface area contributed by atoms with Crippen LogP contribution in [0.4, 0.5) is 0 Å². The minimum atomic E-state index is 0.0654. The molecule has 2 aliphatic rings. The Morgan fingerprint density at radius 2 is 1.84 bits per heavy atom. The van der Waals surface area contributed by atoms with Gasteiger partial charge in [-0.05, 0) is 32.9 Å². The molecule has 0 aromatic heterocycles. The molecule has 4 heteroatoms. The van der Waals surface area contributed by atoms with E-state index in [4.69, 9.17) is 5.73 Å². The van der Waals surface area contributed by atoms with Crippen molar-refractivity contribution in [1.82, 2.24) is 9.80 Å². The van der Waals surface area contributed by atoms with Crippen LogP contribution in [-0.2, 0) is 4.79 Å². The second kappa shape index (κ2) is 6.23. The number of carbonyl (C=O) groups is 1. The van der Waals surface area contributed by atoms with Gasteiger partial charge in [0, 0.05) is 25.2 Å². The summed E-state index contributed by atoms with van der Waals surface area (Å²) in [6, 6.07) is 0.565. The zero-order valence-electron chi connectivity index (χ0n) is 12.6. The molecule has 2 rings (SSSR count). The second-order valence-electron chi connectivity index (χ2n) is 6.66. The Hall–Kier alpha value is -0.610. The van der Waals surface area contributed by atoms with Gasteiger partial charge < -0.3 is 15.5 Å². The summed E-state index contributed by atoms with van der Waals surface area (Å²) in [6.07, 6.45) is 5.56. The average Bonchev–Trinajstić information content (AvgIpc) is 2.62. The number of nitrogens with two attached hydrogens (primary N) is 1. The predicted molar refractivity (Wildman–Crippen MR) is 77.8 cm³/mol. The first-order valence-corrected chi connectivity index (χ1v) is 7.71. The highest BCUT2D eigenvalue weighted by Gasteiger charge is 2.38. The Balaban J connectivity index is 1.99. The Morgan fingerprint density at radius 3 is 2.47 bits per heavy atom. The first kappa shape index (κ1) is 14.8. The van der Waals surface area contributed by atoms with Crippen LogP contribution in [0.15, 0.2) is 0 Å². The fourth-order valence-corrected chi connectivity index (χ4v) is 3.68. The van der Waals surface area contributed by atoms with Gasteiger partial charge in [0.15, 0.2) is 0 Å². The van der Waals surface area contributed by atoms with Crippen molar-refractivity contribution in [3.63, 3.8) is 0 Å². The topological polar surface area (TPSA) is 49.6 Å². The molecule has 19 heavy (non-hydrogen) atoms. The normalized spacial score (nSPS) is 36.6. The first-order chi connectivity index (χ1) is 9.00. The number of hydrogen-bond acceptors (Lipinski definition) is 3. The lowest BCUT2D eigenvalue weighted by Crippen LogP contribution is -2.44. The molecule has 0 radical (unpaired) electrons. The van der Waals surface area contributed by atoms with Crippen LogP contribution in [0.1, 0.15) is 39.0 Å². The van der Waals surface area contributed by atoms with Gasteiger partial charge in [0.1, 0.15) is 0 Å². The molecule has 2 N–H and O–H groups in total. The standard InChI is InChI=1S/C15H29N3O/c1-11-9-18(10-14(11)17(2)3)15(19)12-7-5-4-6-8-13(12)16/h11-14H,4-10,16H2,1-3H3. The van der Waals surface area contributed by atoms with E-state index >= 15 is 0 Å². The van der Waals surface area contributed by atoms with Gasteiger partial charge in [-0.25, -0.2) is 0 Å². The van der Waals surface area contributed by atoms with Crippen molar-refractivity contribution in [2.24, 2.45) is 17.6 Å². The third kappa shape index (κ3) is 3.29. The predicted octanol–water partition coefficient (Wildman–Crippen LogP) is 1.30. The largest absolute Gasteiger partial charge is 0.340 e. The number of hydrogen-bond donors (Lipinski definition) is 1. The molecule has 1 aliphatic carbocycles. The highest BCUT2D eigenvalue weighted by Crippen LogP contribution is 2.27. The van der Waals surface area contributed by atoms with Gasteiger partial charge in [0.05, 0.1) is 5.92 Å². The van der Waals surface area contributed by atoms with Crippen LogP contribution in [0.25, 0.3) is 0 Å². The fourth-order valence-electron chi connectivity index (χ4n) is 3.68. The SMILES string of the molecule is CC1CN(C(=O)C2CCCCCC2N)CC1N(C)C. The molecule has 1 aliphatic heterocycles. The summed E-state index contributed by atoms with van der Waals surface area (Å²) >= 11 is 0. The second-order valence-corrected chi connectivity index (χ2v) is 6.66. The Morgan fingerprint density at radius 1 is 1.16 bits per heavy atom. The molecular weight excluding hydrogens is 238 g/mol. The fraction of sp³-hybridized carbons (Fsp3) is 0.933. The summed E-state index contributed by atoms with van der Waals surface area (Å²) in [6.45, 7) is 4.01. The number of carbonyl (C=O) groups excluding carboxylic acids is 1. The summed E-state index contributed by atoms with van der Waals surface area (Å²) in [4.78, 5) is 17.0. The van der Waals surface area contributed by atoms with Crippen molar-refractivity contribution in [2.75, 3.05) is 27.2 Å². The van der Waals surface area contributed by atoms with Crippen LogP contribution in [0, 0.1) is 11.8 Å². The van der Waals surface area contributed by atoms with Crippen LogP contribution in [0.5, 0.6) is 0 Å². The van der Waals surface area contributed by atoms with Crippen LogP contribution >= 0.6 is 0 Å². The first-order valence-electron chi connectivity index (χ1n) is 7.71. The molecule has 0 bridgehead atoms. The zero-order valence-corrected chi connectivity index (χ0v) is 12.6. The van der Waals surface area contributed by atoms with Gasteiger partial charge in [-0.15, -0.1) is 0 Å². The maximum absolute atomic E-state index is 12.7. The number of likely N-dealkylation sites (N-methyl/N-ethyl adjacent to an activating group) is 1. The number of amides is 1. The van der Waals surface area contributed by atoms with Gasteiger partial charge in [-0.3, -0.25) is 4.79 Å². The molecule has 0 spiro atoms. The lowest BCUT2D eigenvalue weighted by atomic mass is 9.94. The molecule has 4 unspecified atom stereocenters. The van der Waals surface area contributed by atoms with Gasteiger partial charge >= 0.3 is 0 Å².